The highest BCUT2D eigenvalue weighted by molar-refractivity contribution is 6.01. The van der Waals surface area contributed by atoms with E-state index in [4.69, 9.17) is 0 Å². The Kier molecular flexibility index (Phi) is 4.75. The van der Waals surface area contributed by atoms with Gasteiger partial charge in [-0.15, -0.1) is 0 Å². The Labute approximate surface area is 148 Å². The van der Waals surface area contributed by atoms with E-state index >= 15 is 0 Å². The number of nitrogens with one attached hydrogen (secondary N) is 2. The zero-order chi connectivity index (χ0) is 18.5. The van der Waals surface area contributed by atoms with E-state index in [9.17, 15) is 19.7 Å². The number of carbonyl (C=O) groups excluding carboxylic acids is 2. The number of hydrogen-bond acceptors (Lipinski definition) is 4. The molecule has 0 fully saturated rings. The molecule has 0 unspecified atom stereocenters. The molecule has 8 heteroatoms. The quantitative estimate of drug-likeness (QED) is 0.557. The van der Waals surface area contributed by atoms with E-state index in [0.29, 0.717) is 11.3 Å². The second-order valence-corrected chi connectivity index (χ2v) is 5.32. The normalized spacial score (nSPS) is 10.2. The van der Waals surface area contributed by atoms with Gasteiger partial charge in [-0.05, 0) is 36.4 Å². The number of nitrogens with zero attached hydrogens (tertiary/aromatic N) is 2. The van der Waals surface area contributed by atoms with Gasteiger partial charge < -0.3 is 4.57 Å². The van der Waals surface area contributed by atoms with Crippen molar-refractivity contribution in [1.29, 1.82) is 0 Å². The third-order valence-electron chi connectivity index (χ3n) is 3.66. The van der Waals surface area contributed by atoms with E-state index < -0.39 is 16.7 Å². The van der Waals surface area contributed by atoms with Crippen LogP contribution in [0.2, 0.25) is 0 Å². The summed E-state index contributed by atoms with van der Waals surface area (Å²) in [5, 5.41) is 10.6. The fourth-order valence-corrected chi connectivity index (χ4v) is 2.37. The first kappa shape index (κ1) is 16.9. The first-order valence-electron chi connectivity index (χ1n) is 7.64. The number of hydrazine groups is 1. The van der Waals surface area contributed by atoms with E-state index in [1.54, 1.807) is 22.8 Å². The van der Waals surface area contributed by atoms with Gasteiger partial charge in [0.1, 0.15) is 0 Å². The molecule has 0 saturated heterocycles. The van der Waals surface area contributed by atoms with Gasteiger partial charge in [-0.25, -0.2) is 0 Å². The number of non-ortho nitro benzene ring substituents is 1. The van der Waals surface area contributed by atoms with Crippen molar-refractivity contribution in [3.8, 4) is 5.69 Å². The lowest BCUT2D eigenvalue weighted by Crippen LogP contribution is -2.41. The van der Waals surface area contributed by atoms with Crippen molar-refractivity contribution in [2.75, 3.05) is 0 Å². The summed E-state index contributed by atoms with van der Waals surface area (Å²) in [6.07, 6.45) is 3.61. The van der Waals surface area contributed by atoms with Gasteiger partial charge in [-0.3, -0.25) is 30.6 Å². The molecule has 1 heterocycles. The highest BCUT2D eigenvalue weighted by Gasteiger charge is 2.14. The summed E-state index contributed by atoms with van der Waals surface area (Å²) in [7, 11) is 0. The second kappa shape index (κ2) is 7.31. The van der Waals surface area contributed by atoms with Gasteiger partial charge >= 0.3 is 0 Å². The molecule has 0 aliphatic rings. The zero-order valence-electron chi connectivity index (χ0n) is 13.5. The molecular weight excluding hydrogens is 336 g/mol. The van der Waals surface area contributed by atoms with Gasteiger partial charge in [-0.1, -0.05) is 12.1 Å². The molecule has 0 saturated carbocycles. The smallest absolute Gasteiger partial charge is 0.271 e. The predicted molar refractivity (Wildman–Crippen MR) is 93.8 cm³/mol. The number of rotatable bonds is 4. The van der Waals surface area contributed by atoms with Crippen molar-refractivity contribution in [3.05, 3.63) is 94.3 Å². The van der Waals surface area contributed by atoms with E-state index in [-0.39, 0.29) is 11.3 Å². The van der Waals surface area contributed by atoms with E-state index in [1.165, 1.54) is 24.3 Å². The summed E-state index contributed by atoms with van der Waals surface area (Å²) in [5.41, 5.74) is 5.77. The molecule has 2 amide bonds. The summed E-state index contributed by atoms with van der Waals surface area (Å²) < 4.78 is 1.78. The molecule has 0 aliphatic heterocycles. The molecule has 0 aliphatic carbocycles. The van der Waals surface area contributed by atoms with Crippen LogP contribution in [0.3, 0.4) is 0 Å². The lowest BCUT2D eigenvalue weighted by atomic mass is 10.1. The van der Waals surface area contributed by atoms with E-state index in [0.717, 1.165) is 0 Å². The van der Waals surface area contributed by atoms with Gasteiger partial charge in [-0.2, -0.15) is 0 Å². The fraction of sp³-hybridized carbons (Fsp3) is 0. The van der Waals surface area contributed by atoms with Crippen LogP contribution >= 0.6 is 0 Å². The number of para-hydroxylation sites is 1. The maximum absolute atomic E-state index is 12.4. The summed E-state index contributed by atoms with van der Waals surface area (Å²) in [5.74, 6) is -1.06. The number of hydrogen-bond donors (Lipinski definition) is 2. The molecule has 2 aromatic carbocycles. The number of aromatic nitrogens is 1. The van der Waals surface area contributed by atoms with Crippen LogP contribution in [-0.2, 0) is 0 Å². The minimum absolute atomic E-state index is 0.119. The molecule has 3 rings (SSSR count). The molecule has 8 nitrogen and oxygen atoms in total. The average molecular weight is 350 g/mol. The molecule has 3 aromatic rings. The van der Waals surface area contributed by atoms with Gasteiger partial charge in [0.2, 0.25) is 0 Å². The van der Waals surface area contributed by atoms with Gasteiger partial charge in [0.25, 0.3) is 17.5 Å². The second-order valence-electron chi connectivity index (χ2n) is 5.32. The maximum Gasteiger partial charge on any atom is 0.271 e. The third-order valence-corrected chi connectivity index (χ3v) is 3.66. The van der Waals surface area contributed by atoms with Crippen LogP contribution in [0.25, 0.3) is 5.69 Å². The Morgan fingerprint density at radius 1 is 0.846 bits per heavy atom. The van der Waals surface area contributed by atoms with Crippen molar-refractivity contribution in [2.45, 2.75) is 0 Å². The maximum atomic E-state index is 12.4. The topological polar surface area (TPSA) is 106 Å². The summed E-state index contributed by atoms with van der Waals surface area (Å²) in [4.78, 5) is 34.6. The molecule has 0 radical (unpaired) electrons. The standard InChI is InChI=1S/C18H14N4O4/c23-17(13-7-9-14(10-8-13)22(25)26)19-20-18(24)15-5-1-2-6-16(15)21-11-3-4-12-21/h1-12H,(H,19,23)(H,20,24). The zero-order valence-corrected chi connectivity index (χ0v) is 13.5. The van der Waals surface area contributed by atoms with Crippen LogP contribution in [0.4, 0.5) is 5.69 Å². The molecule has 26 heavy (non-hydrogen) atoms. The van der Waals surface area contributed by atoms with Crippen molar-refractivity contribution in [1.82, 2.24) is 15.4 Å². The summed E-state index contributed by atoms with van der Waals surface area (Å²) >= 11 is 0. The van der Waals surface area contributed by atoms with Gasteiger partial charge in [0, 0.05) is 30.1 Å². The third kappa shape index (κ3) is 3.59. The molecule has 0 bridgehead atoms. The lowest BCUT2D eigenvalue weighted by Gasteiger charge is -2.11. The van der Waals surface area contributed by atoms with Crippen LogP contribution in [0.5, 0.6) is 0 Å². The van der Waals surface area contributed by atoms with Crippen LogP contribution in [-0.4, -0.2) is 21.3 Å². The van der Waals surface area contributed by atoms with Crippen molar-refractivity contribution in [2.24, 2.45) is 0 Å². The van der Waals surface area contributed by atoms with Crippen molar-refractivity contribution < 1.29 is 14.5 Å². The Balaban J connectivity index is 1.69. The summed E-state index contributed by atoms with van der Waals surface area (Å²) in [6, 6.07) is 15.7. The first-order chi connectivity index (χ1) is 12.6. The Morgan fingerprint density at radius 2 is 1.46 bits per heavy atom. The fourth-order valence-electron chi connectivity index (χ4n) is 2.37. The van der Waals surface area contributed by atoms with E-state index in [2.05, 4.69) is 10.9 Å². The molecule has 0 atom stereocenters. The van der Waals surface area contributed by atoms with Gasteiger partial charge in [0.15, 0.2) is 0 Å². The number of benzene rings is 2. The Bertz CT molecular complexity index is 950. The Morgan fingerprint density at radius 3 is 2.12 bits per heavy atom. The monoisotopic (exact) mass is 350 g/mol. The van der Waals surface area contributed by atoms with E-state index in [1.807, 2.05) is 30.6 Å². The van der Waals surface area contributed by atoms with Crippen LogP contribution in [0, 0.1) is 10.1 Å². The number of nitro groups is 1. The largest absolute Gasteiger partial charge is 0.323 e. The molecular formula is C18H14N4O4. The summed E-state index contributed by atoms with van der Waals surface area (Å²) in [6.45, 7) is 0. The van der Waals surface area contributed by atoms with Crippen LogP contribution in [0.15, 0.2) is 73.1 Å². The number of carbonyl (C=O) groups is 2. The van der Waals surface area contributed by atoms with Crippen LogP contribution in [0.1, 0.15) is 20.7 Å². The minimum Gasteiger partial charge on any atom is -0.323 e. The highest BCUT2D eigenvalue weighted by atomic mass is 16.6. The highest BCUT2D eigenvalue weighted by Crippen LogP contribution is 2.15. The number of nitro benzene ring substituents is 1. The predicted octanol–water partition coefficient (Wildman–Crippen LogP) is 2.46. The Hall–Kier alpha value is -3.94. The molecule has 1 aromatic heterocycles. The number of amides is 2. The average Bonchev–Trinajstić information content (AvgIpc) is 3.20. The van der Waals surface area contributed by atoms with Crippen LogP contribution < -0.4 is 10.9 Å². The van der Waals surface area contributed by atoms with Crippen molar-refractivity contribution in [3.63, 3.8) is 0 Å². The first-order valence-corrected chi connectivity index (χ1v) is 7.64. The minimum atomic E-state index is -0.577. The SMILES string of the molecule is O=C(NNC(=O)c1ccccc1-n1cccc1)c1ccc([N+](=O)[O-])cc1. The molecule has 2 N–H and O–H groups in total. The lowest BCUT2D eigenvalue weighted by molar-refractivity contribution is -0.384. The van der Waals surface area contributed by atoms with Gasteiger partial charge in [0.05, 0.1) is 16.2 Å². The molecule has 0 spiro atoms. The van der Waals surface area contributed by atoms with Crippen molar-refractivity contribution >= 4 is 17.5 Å². The molecule has 130 valence electrons.